The van der Waals surface area contributed by atoms with E-state index in [1.807, 2.05) is 17.9 Å². The lowest BCUT2D eigenvalue weighted by molar-refractivity contribution is -0.0533. The number of nitrogens with zero attached hydrogens (tertiary/aromatic N) is 3. The van der Waals surface area contributed by atoms with Gasteiger partial charge < -0.3 is 29.7 Å². The van der Waals surface area contributed by atoms with Gasteiger partial charge in [0.2, 0.25) is 0 Å². The summed E-state index contributed by atoms with van der Waals surface area (Å²) in [5.74, 6) is 0.681. The Morgan fingerprint density at radius 2 is 1.92 bits per heavy atom. The maximum atomic E-state index is 13.4. The Bertz CT molecular complexity index is 1050. The van der Waals surface area contributed by atoms with E-state index in [4.69, 9.17) is 14.2 Å². The predicted octanol–water partition coefficient (Wildman–Crippen LogP) is 3.51. The number of rotatable bonds is 8. The monoisotopic (exact) mass is 523 g/mol. The molecule has 4 atom stereocenters. The summed E-state index contributed by atoms with van der Waals surface area (Å²) in [6.45, 7) is 5.39. The second-order valence-electron chi connectivity index (χ2n) is 10.6. The topological polar surface area (TPSA) is 97.8 Å². The summed E-state index contributed by atoms with van der Waals surface area (Å²) in [4.78, 5) is 24.1. The fourth-order valence-corrected chi connectivity index (χ4v) is 5.85. The van der Waals surface area contributed by atoms with Gasteiger partial charge in [0.1, 0.15) is 17.8 Å². The van der Waals surface area contributed by atoms with E-state index >= 15 is 0 Å². The Labute approximate surface area is 225 Å². The molecule has 0 aliphatic carbocycles. The quantitative estimate of drug-likeness (QED) is 0.543. The van der Waals surface area contributed by atoms with Crippen molar-refractivity contribution in [3.05, 3.63) is 53.5 Å². The minimum Gasteiger partial charge on any atom is -0.379 e. The van der Waals surface area contributed by atoms with Crippen molar-refractivity contribution in [3.8, 4) is 0 Å². The number of carbonyl (C=O) groups excluding carboxylic acids is 1. The van der Waals surface area contributed by atoms with Crippen LogP contribution in [0.15, 0.2) is 36.7 Å². The zero-order chi connectivity index (χ0) is 26.3. The van der Waals surface area contributed by atoms with Crippen LogP contribution in [0.2, 0.25) is 0 Å². The summed E-state index contributed by atoms with van der Waals surface area (Å²) in [6, 6.07) is 11.1. The van der Waals surface area contributed by atoms with Crippen LogP contribution in [0.5, 0.6) is 0 Å². The van der Waals surface area contributed by atoms with Gasteiger partial charge in [0.05, 0.1) is 24.9 Å². The molecule has 206 valence electrons. The Morgan fingerprint density at radius 1 is 1.11 bits per heavy atom. The molecule has 1 aromatic heterocycles. The van der Waals surface area contributed by atoms with E-state index in [2.05, 4.69) is 44.9 Å². The molecule has 2 N–H and O–H groups in total. The van der Waals surface area contributed by atoms with Crippen molar-refractivity contribution in [1.82, 2.24) is 20.2 Å². The number of benzene rings is 1. The zero-order valence-electron chi connectivity index (χ0n) is 22.6. The summed E-state index contributed by atoms with van der Waals surface area (Å²) < 4.78 is 17.5. The predicted molar refractivity (Wildman–Crippen MR) is 145 cm³/mol. The average Bonchev–Trinajstić information content (AvgIpc) is 2.97. The van der Waals surface area contributed by atoms with Crippen LogP contribution in [-0.4, -0.2) is 85.0 Å². The van der Waals surface area contributed by atoms with E-state index in [0.29, 0.717) is 49.8 Å². The molecule has 3 fully saturated rings. The summed E-state index contributed by atoms with van der Waals surface area (Å²) in [5, 5.41) is 7.19. The first-order chi connectivity index (χ1) is 18.6. The Balaban J connectivity index is 1.13. The van der Waals surface area contributed by atoms with Crippen LogP contribution in [0.1, 0.15) is 66.2 Å². The van der Waals surface area contributed by atoms with Crippen molar-refractivity contribution in [2.75, 3.05) is 45.3 Å². The number of hydrogen-bond acceptors (Lipinski definition) is 8. The molecule has 4 heterocycles. The molecule has 5 rings (SSSR count). The first-order valence-electron chi connectivity index (χ1n) is 14.0. The number of nitrogens with one attached hydrogen (secondary N) is 2. The van der Waals surface area contributed by atoms with Crippen molar-refractivity contribution < 1.29 is 19.0 Å². The molecule has 1 aromatic carbocycles. The highest BCUT2D eigenvalue weighted by Crippen LogP contribution is 2.31. The van der Waals surface area contributed by atoms with Crippen molar-refractivity contribution in [1.29, 1.82) is 0 Å². The van der Waals surface area contributed by atoms with Crippen LogP contribution < -0.4 is 10.6 Å². The summed E-state index contributed by atoms with van der Waals surface area (Å²) in [5.41, 5.74) is 2.50. The molecule has 3 aliphatic heterocycles. The summed E-state index contributed by atoms with van der Waals surface area (Å²) >= 11 is 0. The number of piperidine rings is 1. The largest absolute Gasteiger partial charge is 0.379 e. The number of amides is 1. The van der Waals surface area contributed by atoms with Gasteiger partial charge in [-0.05, 0) is 51.0 Å². The molecule has 3 aliphatic rings. The Kier molecular flexibility index (Phi) is 9.22. The lowest BCUT2D eigenvalue weighted by Gasteiger charge is -2.38. The molecule has 1 amide bonds. The SMILES string of the molecule is CO[C@@H]1COCC[C@@H]1NC1CCN(C(=O)c2ncnc(NCC3CCC[C@@H](c4ccccc4)O3)c2C)CC1. The maximum absolute atomic E-state index is 13.4. The number of hydrogen-bond donors (Lipinski definition) is 2. The van der Waals surface area contributed by atoms with E-state index in [1.165, 1.54) is 11.9 Å². The van der Waals surface area contributed by atoms with Gasteiger partial charge in [0.25, 0.3) is 5.91 Å². The fraction of sp³-hybridized carbons (Fsp3) is 0.621. The van der Waals surface area contributed by atoms with Crippen molar-refractivity contribution >= 4 is 11.7 Å². The van der Waals surface area contributed by atoms with Gasteiger partial charge in [0.15, 0.2) is 0 Å². The van der Waals surface area contributed by atoms with Crippen LogP contribution in [0, 0.1) is 6.92 Å². The van der Waals surface area contributed by atoms with Gasteiger partial charge in [-0.3, -0.25) is 4.79 Å². The summed E-state index contributed by atoms with van der Waals surface area (Å²) in [6.07, 6.45) is 7.76. The van der Waals surface area contributed by atoms with E-state index in [0.717, 1.165) is 50.7 Å². The van der Waals surface area contributed by atoms with Crippen molar-refractivity contribution in [2.24, 2.45) is 0 Å². The Morgan fingerprint density at radius 3 is 2.71 bits per heavy atom. The van der Waals surface area contributed by atoms with E-state index in [1.54, 1.807) is 7.11 Å². The molecule has 0 radical (unpaired) electrons. The highest BCUT2D eigenvalue weighted by molar-refractivity contribution is 5.94. The van der Waals surface area contributed by atoms with Gasteiger partial charge in [-0.15, -0.1) is 0 Å². The first-order valence-corrected chi connectivity index (χ1v) is 14.0. The van der Waals surface area contributed by atoms with Gasteiger partial charge in [-0.25, -0.2) is 9.97 Å². The molecular weight excluding hydrogens is 482 g/mol. The molecule has 2 aromatic rings. The Hall–Kier alpha value is -2.59. The van der Waals surface area contributed by atoms with Crippen LogP contribution in [0.25, 0.3) is 0 Å². The number of ether oxygens (including phenoxy) is 3. The molecule has 1 unspecified atom stereocenters. The molecular formula is C29H41N5O4. The normalized spacial score (nSPS) is 26.7. The lowest BCUT2D eigenvalue weighted by Crippen LogP contribution is -2.54. The van der Waals surface area contributed by atoms with E-state index in [9.17, 15) is 4.79 Å². The fourth-order valence-electron chi connectivity index (χ4n) is 5.85. The van der Waals surface area contributed by atoms with Crippen LogP contribution in [-0.2, 0) is 14.2 Å². The number of aromatic nitrogens is 2. The van der Waals surface area contributed by atoms with Gasteiger partial charge >= 0.3 is 0 Å². The highest BCUT2D eigenvalue weighted by Gasteiger charge is 2.31. The van der Waals surface area contributed by atoms with Crippen molar-refractivity contribution in [2.45, 2.75) is 75.8 Å². The second-order valence-corrected chi connectivity index (χ2v) is 10.6. The van der Waals surface area contributed by atoms with Crippen LogP contribution in [0.4, 0.5) is 5.82 Å². The molecule has 9 nitrogen and oxygen atoms in total. The minimum atomic E-state index is -0.0229. The standard InChI is InChI=1S/C29H41N5O4/c1-20-27(29(35)34-14-11-22(12-15-34)33-24-13-16-37-18-26(24)36-2)31-19-32-28(20)30-17-23-9-6-10-25(38-23)21-7-4-3-5-8-21/h3-5,7-8,19,22-26,33H,6,9-18H2,1-2H3,(H,30,31,32)/t23?,24-,25-,26+/m0/s1. The van der Waals surface area contributed by atoms with E-state index < -0.39 is 0 Å². The number of likely N-dealkylation sites (tertiary alicyclic amines) is 1. The molecule has 0 bridgehead atoms. The van der Waals surface area contributed by atoms with Gasteiger partial charge in [-0.2, -0.15) is 0 Å². The number of methoxy groups -OCH3 is 1. The van der Waals surface area contributed by atoms with E-state index in [-0.39, 0.29) is 24.2 Å². The van der Waals surface area contributed by atoms with Gasteiger partial charge in [0, 0.05) is 51.0 Å². The third-order valence-electron chi connectivity index (χ3n) is 8.14. The average molecular weight is 524 g/mol. The molecule has 3 saturated heterocycles. The second kappa shape index (κ2) is 13.0. The van der Waals surface area contributed by atoms with Crippen molar-refractivity contribution in [3.63, 3.8) is 0 Å². The first kappa shape index (κ1) is 27.0. The van der Waals surface area contributed by atoms with Gasteiger partial charge in [-0.1, -0.05) is 30.3 Å². The number of anilines is 1. The van der Waals surface area contributed by atoms with Crippen LogP contribution >= 0.6 is 0 Å². The highest BCUT2D eigenvalue weighted by atomic mass is 16.5. The molecule has 0 saturated carbocycles. The molecule has 9 heteroatoms. The lowest BCUT2D eigenvalue weighted by atomic mass is 9.98. The smallest absolute Gasteiger partial charge is 0.272 e. The molecule has 38 heavy (non-hydrogen) atoms. The number of carbonyl (C=O) groups is 1. The minimum absolute atomic E-state index is 0.0229. The third kappa shape index (κ3) is 6.51. The molecule has 0 spiro atoms. The zero-order valence-corrected chi connectivity index (χ0v) is 22.6. The van der Waals surface area contributed by atoms with Crippen LogP contribution in [0.3, 0.4) is 0 Å². The maximum Gasteiger partial charge on any atom is 0.272 e. The summed E-state index contributed by atoms with van der Waals surface area (Å²) in [7, 11) is 1.74. The third-order valence-corrected chi connectivity index (χ3v) is 8.14.